The molecule has 4 heteroatoms. The lowest BCUT2D eigenvalue weighted by Crippen LogP contribution is -2.38. The van der Waals surface area contributed by atoms with Crippen LogP contribution < -0.4 is 0 Å². The first-order valence-corrected chi connectivity index (χ1v) is 6.13. The molecule has 2 aliphatic carbocycles. The van der Waals surface area contributed by atoms with Crippen molar-refractivity contribution in [3.8, 4) is 0 Å². The van der Waals surface area contributed by atoms with Gasteiger partial charge >= 0.3 is 0 Å². The van der Waals surface area contributed by atoms with Crippen molar-refractivity contribution in [2.45, 2.75) is 32.1 Å². The van der Waals surface area contributed by atoms with Crippen molar-refractivity contribution >= 4 is 11.8 Å². The molecule has 3 fully saturated rings. The third kappa shape index (κ3) is 1.32. The third-order valence-electron chi connectivity index (χ3n) is 4.47. The van der Waals surface area contributed by atoms with Gasteiger partial charge in [0.2, 0.25) is 11.8 Å². The zero-order valence-corrected chi connectivity index (χ0v) is 9.32. The van der Waals surface area contributed by atoms with Crippen LogP contribution in [-0.4, -0.2) is 35.0 Å². The predicted octanol–water partition coefficient (Wildman–Crippen LogP) is 0.544. The largest absolute Gasteiger partial charge is 0.396 e. The van der Waals surface area contributed by atoms with Gasteiger partial charge in [-0.25, -0.2) is 0 Å². The summed E-state index contributed by atoms with van der Waals surface area (Å²) in [5.41, 5.74) is -0.149. The van der Waals surface area contributed by atoms with Gasteiger partial charge in [-0.1, -0.05) is 6.42 Å². The van der Waals surface area contributed by atoms with E-state index in [0.29, 0.717) is 6.54 Å². The maximum atomic E-state index is 12.0. The molecule has 0 aromatic heterocycles. The van der Waals surface area contributed by atoms with Gasteiger partial charge in [-0.05, 0) is 25.7 Å². The molecule has 3 aliphatic rings. The molecule has 2 atom stereocenters. The van der Waals surface area contributed by atoms with Gasteiger partial charge in [0, 0.05) is 12.0 Å². The van der Waals surface area contributed by atoms with E-state index < -0.39 is 0 Å². The summed E-state index contributed by atoms with van der Waals surface area (Å²) in [6.07, 6.45) is 4.63. The van der Waals surface area contributed by atoms with Crippen LogP contribution in [0.2, 0.25) is 0 Å². The fourth-order valence-electron chi connectivity index (χ4n) is 3.09. The van der Waals surface area contributed by atoms with Crippen molar-refractivity contribution in [2.24, 2.45) is 17.3 Å². The number of hydrogen-bond acceptors (Lipinski definition) is 3. The highest BCUT2D eigenvalue weighted by molar-refractivity contribution is 6.05. The van der Waals surface area contributed by atoms with Crippen molar-refractivity contribution in [1.29, 1.82) is 0 Å². The second-order valence-electron chi connectivity index (χ2n) is 5.56. The summed E-state index contributed by atoms with van der Waals surface area (Å²) in [6.45, 7) is 0.549. The number of nitrogens with zero attached hydrogens (tertiary/aromatic N) is 1. The molecule has 88 valence electrons. The van der Waals surface area contributed by atoms with Crippen LogP contribution in [0.25, 0.3) is 0 Å². The first-order valence-electron chi connectivity index (χ1n) is 6.13. The molecule has 1 aliphatic heterocycles. The summed E-state index contributed by atoms with van der Waals surface area (Å²) in [5, 5.41) is 9.24. The van der Waals surface area contributed by atoms with Crippen LogP contribution in [-0.2, 0) is 9.59 Å². The number of aliphatic hydroxyl groups excluding tert-OH is 1. The zero-order chi connectivity index (χ0) is 11.3. The summed E-state index contributed by atoms with van der Waals surface area (Å²) in [6, 6.07) is 0. The van der Waals surface area contributed by atoms with Crippen LogP contribution in [0.3, 0.4) is 0 Å². The van der Waals surface area contributed by atoms with E-state index in [0.717, 1.165) is 32.1 Å². The van der Waals surface area contributed by atoms with E-state index >= 15 is 0 Å². The van der Waals surface area contributed by atoms with Crippen LogP contribution in [0.1, 0.15) is 32.1 Å². The maximum Gasteiger partial charge on any atom is 0.233 e. The number of carbonyl (C=O) groups excluding carboxylic acids is 2. The molecule has 0 aromatic rings. The van der Waals surface area contributed by atoms with E-state index in [9.17, 15) is 14.7 Å². The number of rotatable bonds is 3. The molecule has 1 saturated heterocycles. The minimum Gasteiger partial charge on any atom is -0.396 e. The maximum absolute atomic E-state index is 12.0. The highest BCUT2D eigenvalue weighted by Gasteiger charge is 2.53. The van der Waals surface area contributed by atoms with Gasteiger partial charge in [0.15, 0.2) is 0 Å². The average molecular weight is 223 g/mol. The number of fused-ring (bicyclic) bond motifs is 1. The number of likely N-dealkylation sites (tertiary alicyclic amines) is 1. The average Bonchev–Trinajstić information content (AvgIpc) is 2.83. The summed E-state index contributed by atoms with van der Waals surface area (Å²) >= 11 is 0. The standard InChI is InChI=1S/C12H17NO3/c14-7-12(4-5-12)6-13-10(15)8-2-1-3-9(8)11(13)16/h8-9,14H,1-7H2. The van der Waals surface area contributed by atoms with E-state index in [1.165, 1.54) is 4.90 Å². The Morgan fingerprint density at radius 2 is 1.75 bits per heavy atom. The third-order valence-corrected chi connectivity index (χ3v) is 4.47. The van der Waals surface area contributed by atoms with E-state index in [2.05, 4.69) is 0 Å². The minimum absolute atomic E-state index is 0.0206. The van der Waals surface area contributed by atoms with Gasteiger partial charge in [0.05, 0.1) is 18.4 Å². The van der Waals surface area contributed by atoms with Gasteiger partial charge in [-0.2, -0.15) is 0 Å². The zero-order valence-electron chi connectivity index (χ0n) is 9.32. The van der Waals surface area contributed by atoms with Gasteiger partial charge < -0.3 is 5.11 Å². The molecule has 1 heterocycles. The fraction of sp³-hybridized carbons (Fsp3) is 0.833. The SMILES string of the molecule is O=C1C2CCCC2C(=O)N1CC1(CO)CC1. The minimum atomic E-state index is -0.149. The molecule has 2 unspecified atom stereocenters. The number of carbonyl (C=O) groups is 2. The first-order chi connectivity index (χ1) is 7.67. The van der Waals surface area contributed by atoms with Crippen molar-refractivity contribution in [1.82, 2.24) is 4.90 Å². The fourth-order valence-corrected chi connectivity index (χ4v) is 3.09. The van der Waals surface area contributed by atoms with Crippen molar-refractivity contribution in [3.05, 3.63) is 0 Å². The van der Waals surface area contributed by atoms with Gasteiger partial charge in [-0.15, -0.1) is 0 Å². The summed E-state index contributed by atoms with van der Waals surface area (Å²) < 4.78 is 0. The number of imide groups is 1. The van der Waals surface area contributed by atoms with Crippen LogP contribution in [0.15, 0.2) is 0 Å². The molecular formula is C12H17NO3. The summed E-state index contributed by atoms with van der Waals surface area (Å²) in [5.74, 6) is -0.0385. The van der Waals surface area contributed by atoms with E-state index in [-0.39, 0.29) is 35.7 Å². The Kier molecular flexibility index (Phi) is 2.11. The second-order valence-corrected chi connectivity index (χ2v) is 5.56. The second kappa shape index (κ2) is 3.29. The summed E-state index contributed by atoms with van der Waals surface area (Å²) in [4.78, 5) is 25.5. The van der Waals surface area contributed by atoms with E-state index in [1.54, 1.807) is 0 Å². The molecule has 0 aromatic carbocycles. The smallest absolute Gasteiger partial charge is 0.233 e. The molecule has 2 amide bonds. The lowest BCUT2D eigenvalue weighted by molar-refractivity contribution is -0.141. The number of hydrogen-bond donors (Lipinski definition) is 1. The Morgan fingerprint density at radius 3 is 2.19 bits per heavy atom. The Morgan fingerprint density at radius 1 is 1.19 bits per heavy atom. The molecule has 1 N–H and O–H groups in total. The highest BCUT2D eigenvalue weighted by Crippen LogP contribution is 2.48. The first kappa shape index (κ1) is 10.3. The normalized spacial score (nSPS) is 35.7. The molecule has 4 nitrogen and oxygen atoms in total. The van der Waals surface area contributed by atoms with Gasteiger partial charge in [0.1, 0.15) is 0 Å². The number of amides is 2. The molecule has 0 bridgehead atoms. The molecular weight excluding hydrogens is 206 g/mol. The van der Waals surface area contributed by atoms with Crippen LogP contribution in [0, 0.1) is 17.3 Å². The predicted molar refractivity (Wildman–Crippen MR) is 56.3 cm³/mol. The Balaban J connectivity index is 1.76. The Bertz CT molecular complexity index is 326. The number of aliphatic hydroxyl groups is 1. The Labute approximate surface area is 94.6 Å². The van der Waals surface area contributed by atoms with E-state index in [1.807, 2.05) is 0 Å². The molecule has 0 radical (unpaired) electrons. The van der Waals surface area contributed by atoms with Crippen molar-refractivity contribution in [3.63, 3.8) is 0 Å². The monoisotopic (exact) mass is 223 g/mol. The van der Waals surface area contributed by atoms with Crippen molar-refractivity contribution in [2.75, 3.05) is 13.2 Å². The lowest BCUT2D eigenvalue weighted by Gasteiger charge is -2.21. The lowest BCUT2D eigenvalue weighted by atomic mass is 10.00. The molecule has 2 saturated carbocycles. The molecule has 16 heavy (non-hydrogen) atoms. The van der Waals surface area contributed by atoms with Crippen LogP contribution >= 0.6 is 0 Å². The highest BCUT2D eigenvalue weighted by atomic mass is 16.3. The summed E-state index contributed by atoms with van der Waals surface area (Å²) in [7, 11) is 0. The van der Waals surface area contributed by atoms with Crippen LogP contribution in [0.5, 0.6) is 0 Å². The topological polar surface area (TPSA) is 57.6 Å². The van der Waals surface area contributed by atoms with Crippen molar-refractivity contribution < 1.29 is 14.7 Å². The van der Waals surface area contributed by atoms with Crippen LogP contribution in [0.4, 0.5) is 0 Å². The quantitative estimate of drug-likeness (QED) is 0.711. The van der Waals surface area contributed by atoms with Gasteiger partial charge in [0.25, 0.3) is 0 Å². The Hall–Kier alpha value is -0.900. The molecule has 0 spiro atoms. The van der Waals surface area contributed by atoms with E-state index in [4.69, 9.17) is 0 Å². The molecule has 3 rings (SSSR count). The van der Waals surface area contributed by atoms with Gasteiger partial charge in [-0.3, -0.25) is 14.5 Å².